The summed E-state index contributed by atoms with van der Waals surface area (Å²) in [5.41, 5.74) is 4.58. The van der Waals surface area contributed by atoms with Crippen LogP contribution >= 0.6 is 11.6 Å². The quantitative estimate of drug-likeness (QED) is 0.295. The van der Waals surface area contributed by atoms with Crippen molar-refractivity contribution in [3.05, 3.63) is 94.0 Å². The Morgan fingerprint density at radius 3 is 2.47 bits per heavy atom. The Bertz CT molecular complexity index is 1170. The molecule has 34 heavy (non-hydrogen) atoms. The van der Waals surface area contributed by atoms with Crippen LogP contribution in [0.15, 0.2) is 66.7 Å². The summed E-state index contributed by atoms with van der Waals surface area (Å²) in [7, 11) is 1.62. The molecule has 0 N–H and O–H groups in total. The summed E-state index contributed by atoms with van der Waals surface area (Å²) in [5.74, 6) is 1.28. The lowest BCUT2D eigenvalue weighted by molar-refractivity contribution is 0.104. The van der Waals surface area contributed by atoms with Crippen molar-refractivity contribution in [3.8, 4) is 11.5 Å². The van der Waals surface area contributed by atoms with E-state index in [1.807, 2.05) is 67.6 Å². The average Bonchev–Trinajstić information content (AvgIpc) is 2.87. The SMILES string of the molecule is COc1ccc(/C=C/C(=O)c2ccc(N3CCOCC3)cc2)cc1COc1ccc(C)cc1Cl. The number of ketones is 1. The lowest BCUT2D eigenvalue weighted by atomic mass is 10.1. The molecule has 1 heterocycles. The average molecular weight is 478 g/mol. The first kappa shape index (κ1) is 23.9. The van der Waals surface area contributed by atoms with E-state index in [0.29, 0.717) is 28.7 Å². The molecule has 0 spiro atoms. The second-order valence-electron chi connectivity index (χ2n) is 8.14. The van der Waals surface area contributed by atoms with Gasteiger partial charge in [0, 0.05) is 29.9 Å². The van der Waals surface area contributed by atoms with Gasteiger partial charge in [0.15, 0.2) is 5.78 Å². The van der Waals surface area contributed by atoms with E-state index in [1.165, 1.54) is 0 Å². The molecule has 0 aliphatic carbocycles. The van der Waals surface area contributed by atoms with Gasteiger partial charge in [-0.1, -0.05) is 29.8 Å². The first-order valence-electron chi connectivity index (χ1n) is 11.2. The molecule has 0 aromatic heterocycles. The van der Waals surface area contributed by atoms with Crippen LogP contribution in [-0.4, -0.2) is 39.2 Å². The van der Waals surface area contributed by atoms with Crippen molar-refractivity contribution in [2.24, 2.45) is 0 Å². The minimum atomic E-state index is -0.0476. The second-order valence-corrected chi connectivity index (χ2v) is 8.54. The molecule has 1 aliphatic heterocycles. The summed E-state index contributed by atoms with van der Waals surface area (Å²) in [6, 6.07) is 19.1. The van der Waals surface area contributed by atoms with E-state index < -0.39 is 0 Å². The molecule has 5 nitrogen and oxygen atoms in total. The van der Waals surface area contributed by atoms with Gasteiger partial charge < -0.3 is 19.1 Å². The number of benzene rings is 3. The Hall–Kier alpha value is -3.28. The van der Waals surface area contributed by atoms with Crippen LogP contribution in [0.3, 0.4) is 0 Å². The number of carbonyl (C=O) groups excluding carboxylic acids is 1. The summed E-state index contributed by atoms with van der Waals surface area (Å²) in [6.45, 7) is 5.48. The monoisotopic (exact) mass is 477 g/mol. The van der Waals surface area contributed by atoms with E-state index in [-0.39, 0.29) is 5.78 Å². The highest BCUT2D eigenvalue weighted by molar-refractivity contribution is 6.32. The lowest BCUT2D eigenvalue weighted by Crippen LogP contribution is -2.36. The maximum atomic E-state index is 12.7. The third-order valence-electron chi connectivity index (χ3n) is 5.73. The van der Waals surface area contributed by atoms with Gasteiger partial charge in [-0.15, -0.1) is 0 Å². The number of morpholine rings is 1. The van der Waals surface area contributed by atoms with Crippen molar-refractivity contribution in [2.45, 2.75) is 13.5 Å². The molecule has 1 fully saturated rings. The molecular formula is C28H28ClNO4. The van der Waals surface area contributed by atoms with E-state index in [4.69, 9.17) is 25.8 Å². The lowest BCUT2D eigenvalue weighted by Gasteiger charge is -2.28. The number of aryl methyl sites for hydroxylation is 1. The molecule has 1 aliphatic rings. The highest BCUT2D eigenvalue weighted by Gasteiger charge is 2.12. The molecule has 0 saturated carbocycles. The second kappa shape index (κ2) is 11.2. The molecule has 6 heteroatoms. The van der Waals surface area contributed by atoms with Crippen molar-refractivity contribution >= 4 is 29.1 Å². The van der Waals surface area contributed by atoms with Gasteiger partial charge in [-0.2, -0.15) is 0 Å². The standard InChI is InChI=1S/C28H28ClNO4/c1-20-3-11-28(25(29)17-20)34-19-23-18-21(5-12-27(23)32-2)4-10-26(31)22-6-8-24(9-7-22)30-13-15-33-16-14-30/h3-12,17-18H,13-16,19H2,1-2H3/b10-4+. The first-order valence-corrected chi connectivity index (χ1v) is 11.6. The molecule has 0 atom stereocenters. The topological polar surface area (TPSA) is 48.0 Å². The minimum Gasteiger partial charge on any atom is -0.496 e. The normalized spacial score (nSPS) is 13.8. The molecule has 176 valence electrons. The number of hydrogen-bond donors (Lipinski definition) is 0. The smallest absolute Gasteiger partial charge is 0.185 e. The number of hydrogen-bond acceptors (Lipinski definition) is 5. The van der Waals surface area contributed by atoms with Gasteiger partial charge in [-0.3, -0.25) is 4.79 Å². The molecule has 0 bridgehead atoms. The number of allylic oxidation sites excluding steroid dienone is 1. The minimum absolute atomic E-state index is 0.0476. The van der Waals surface area contributed by atoms with Crippen molar-refractivity contribution in [1.82, 2.24) is 0 Å². The predicted octanol–water partition coefficient (Wildman–Crippen LogP) is 5.97. The van der Waals surface area contributed by atoms with Gasteiger partial charge in [0.25, 0.3) is 0 Å². The molecule has 0 unspecified atom stereocenters. The summed E-state index contributed by atoms with van der Waals surface area (Å²) in [4.78, 5) is 15.0. The Labute approximate surface area is 205 Å². The van der Waals surface area contributed by atoms with E-state index in [1.54, 1.807) is 19.3 Å². The Kier molecular flexibility index (Phi) is 7.88. The van der Waals surface area contributed by atoms with Gasteiger partial charge in [0.05, 0.1) is 25.3 Å². The van der Waals surface area contributed by atoms with Gasteiger partial charge in [0.1, 0.15) is 18.1 Å². The number of halogens is 1. The van der Waals surface area contributed by atoms with E-state index in [0.717, 1.165) is 48.7 Å². The number of rotatable bonds is 8. The Balaban J connectivity index is 1.43. The summed E-state index contributed by atoms with van der Waals surface area (Å²) < 4.78 is 16.8. The van der Waals surface area contributed by atoms with Crippen LogP contribution < -0.4 is 14.4 Å². The zero-order valence-electron chi connectivity index (χ0n) is 19.4. The highest BCUT2D eigenvalue weighted by atomic mass is 35.5. The summed E-state index contributed by atoms with van der Waals surface area (Å²) in [5, 5.41) is 0.570. The van der Waals surface area contributed by atoms with Crippen LogP contribution in [0.1, 0.15) is 27.0 Å². The zero-order chi connectivity index (χ0) is 23.9. The molecule has 0 radical (unpaired) electrons. The van der Waals surface area contributed by atoms with Crippen LogP contribution in [0.2, 0.25) is 5.02 Å². The van der Waals surface area contributed by atoms with Crippen LogP contribution in [-0.2, 0) is 11.3 Å². The molecule has 3 aromatic rings. The van der Waals surface area contributed by atoms with Crippen LogP contribution in [0.4, 0.5) is 5.69 Å². The van der Waals surface area contributed by atoms with Gasteiger partial charge in [-0.25, -0.2) is 0 Å². The van der Waals surface area contributed by atoms with Gasteiger partial charge >= 0.3 is 0 Å². The maximum Gasteiger partial charge on any atom is 0.185 e. The van der Waals surface area contributed by atoms with Crippen molar-refractivity contribution in [1.29, 1.82) is 0 Å². The molecule has 4 rings (SSSR count). The fraction of sp³-hybridized carbons (Fsp3) is 0.250. The molecule has 1 saturated heterocycles. The van der Waals surface area contributed by atoms with Crippen LogP contribution in [0, 0.1) is 6.92 Å². The Morgan fingerprint density at radius 2 is 1.76 bits per heavy atom. The summed E-state index contributed by atoms with van der Waals surface area (Å²) in [6.07, 6.45) is 3.40. The van der Waals surface area contributed by atoms with Crippen molar-refractivity contribution in [3.63, 3.8) is 0 Å². The van der Waals surface area contributed by atoms with E-state index in [9.17, 15) is 4.79 Å². The van der Waals surface area contributed by atoms with Gasteiger partial charge in [-0.05, 0) is 72.7 Å². The fourth-order valence-electron chi connectivity index (χ4n) is 3.82. The number of ether oxygens (including phenoxy) is 3. The highest BCUT2D eigenvalue weighted by Crippen LogP contribution is 2.28. The molecule has 3 aromatic carbocycles. The fourth-order valence-corrected chi connectivity index (χ4v) is 4.11. The number of carbonyl (C=O) groups is 1. The van der Waals surface area contributed by atoms with Crippen LogP contribution in [0.25, 0.3) is 6.08 Å². The van der Waals surface area contributed by atoms with E-state index >= 15 is 0 Å². The number of nitrogens with zero attached hydrogens (tertiary/aromatic N) is 1. The van der Waals surface area contributed by atoms with Crippen LogP contribution in [0.5, 0.6) is 11.5 Å². The molecule has 0 amide bonds. The first-order chi connectivity index (χ1) is 16.5. The maximum absolute atomic E-state index is 12.7. The Morgan fingerprint density at radius 1 is 1.03 bits per heavy atom. The van der Waals surface area contributed by atoms with Crippen molar-refractivity contribution < 1.29 is 19.0 Å². The predicted molar refractivity (Wildman–Crippen MR) is 136 cm³/mol. The third-order valence-corrected chi connectivity index (χ3v) is 6.03. The van der Waals surface area contributed by atoms with Gasteiger partial charge in [0.2, 0.25) is 0 Å². The summed E-state index contributed by atoms with van der Waals surface area (Å²) >= 11 is 6.28. The largest absolute Gasteiger partial charge is 0.496 e. The van der Waals surface area contributed by atoms with E-state index in [2.05, 4.69) is 4.90 Å². The number of anilines is 1. The van der Waals surface area contributed by atoms with Crippen molar-refractivity contribution in [2.75, 3.05) is 38.3 Å². The molecular weight excluding hydrogens is 450 g/mol. The third kappa shape index (κ3) is 5.99. The number of methoxy groups -OCH3 is 1. The zero-order valence-corrected chi connectivity index (χ0v) is 20.2.